The number of anilines is 2. The van der Waals surface area contributed by atoms with Gasteiger partial charge in [-0.2, -0.15) is 5.26 Å². The number of nitriles is 1. The number of ether oxygens (including phenoxy) is 3. The fraction of sp³-hybridized carbons (Fsp3) is 0.314. The molecule has 2 unspecified atom stereocenters. The fourth-order valence-corrected chi connectivity index (χ4v) is 5.61. The van der Waals surface area contributed by atoms with Crippen LogP contribution in [0.3, 0.4) is 0 Å². The number of benzene rings is 2. The maximum Gasteiger partial charge on any atom is 1.00 e. The molecule has 25 heteroatoms. The first-order chi connectivity index (χ1) is 27.6. The Hall–Kier alpha value is -1.98. The standard InChI is InChI=1S/C16H18BN3O5.C12H15BO5.C4H4ClN3.C2H3N.CH2O3.2Cs.H/c1-3-23-15(21)6-12-16-9(2)4-10(5-11(16)17(22)25-12)24-14-7-13(18)19-8-20-14;1-3-17-11(15)6-10-12-7(2)4-8(14)5-9(12)13(16)18-10;5-3-1-4(6)8-2-7-3;1-2-3;2-1-4-3;;;/h4-5,7-8,12,22H,3,6H2,1-2H3,(H2,18,19,20);4-5,10,14,16H,3,6H2,1-2H3;1-2H,(H2,6,7,8);1H3;1,3H;;;/q;;;;;2*+1;-1/p-1. The van der Waals surface area contributed by atoms with Gasteiger partial charge in [0.2, 0.25) is 5.88 Å². The monoisotopic (exact) mass is 1090 g/mol. The molecule has 0 aliphatic carbocycles. The van der Waals surface area contributed by atoms with Crippen molar-refractivity contribution in [1.29, 1.82) is 5.26 Å². The number of nitrogen functional groups attached to an aromatic ring is 2. The average Bonchev–Trinajstić information content (AvgIpc) is 3.63. The number of nitrogens with two attached hydrogens (primary N) is 2. The van der Waals surface area contributed by atoms with Gasteiger partial charge in [0.05, 0.1) is 44.3 Å². The molecular formula is C35H42B2ClCs2N7O13. The number of phenols is 1. The second kappa shape index (κ2) is 31.0. The summed E-state index contributed by atoms with van der Waals surface area (Å²) in [7, 11) is -2.24. The Bertz CT molecular complexity index is 2030. The van der Waals surface area contributed by atoms with E-state index in [4.69, 9.17) is 61.9 Å². The Labute approximate surface area is 470 Å². The zero-order chi connectivity index (χ0) is 43.4. The van der Waals surface area contributed by atoms with E-state index in [1.807, 2.05) is 6.92 Å². The molecule has 0 spiro atoms. The van der Waals surface area contributed by atoms with Gasteiger partial charge in [0, 0.05) is 19.1 Å². The zero-order valence-corrected chi connectivity index (χ0v) is 47.3. The van der Waals surface area contributed by atoms with Crippen LogP contribution in [-0.2, 0) is 38.1 Å². The number of aryl methyl sites for hydroxylation is 2. The SMILES string of the molecule is CC#N.CCOC(=O)CC1OB(O)c2cc(O)cc(C)c21.CCOC(=O)CC1OB(O)c2cc(Oc3cc(N)ncn3)cc(C)c21.Nc1cc(Cl)ncn1.O=CO[O-].[Cs+].[Cs+].[H-]. The average molecular weight is 1090 g/mol. The first kappa shape index (κ1) is 58.0. The minimum Gasteiger partial charge on any atom is -1.00 e. The van der Waals surface area contributed by atoms with Crippen LogP contribution in [0, 0.1) is 25.2 Å². The molecule has 0 amide bonds. The summed E-state index contributed by atoms with van der Waals surface area (Å²) in [5, 5.41) is 45.5. The molecule has 2 aliphatic rings. The van der Waals surface area contributed by atoms with Gasteiger partial charge in [0.15, 0.2) is 0 Å². The van der Waals surface area contributed by atoms with Crippen molar-refractivity contribution in [3.05, 3.63) is 76.5 Å². The molecule has 0 bridgehead atoms. The number of aromatic hydroxyl groups is 1. The van der Waals surface area contributed by atoms with Crippen LogP contribution in [0.5, 0.6) is 17.4 Å². The van der Waals surface area contributed by atoms with Crippen LogP contribution < -0.4 is 170 Å². The minimum absolute atomic E-state index is 0. The molecule has 0 saturated carbocycles. The Morgan fingerprint density at radius 1 is 0.883 bits per heavy atom. The van der Waals surface area contributed by atoms with E-state index in [1.54, 1.807) is 45.0 Å². The third-order valence-corrected chi connectivity index (χ3v) is 7.66. The maximum absolute atomic E-state index is 11.7. The van der Waals surface area contributed by atoms with Gasteiger partial charge in [-0.05, 0) is 85.1 Å². The summed E-state index contributed by atoms with van der Waals surface area (Å²) in [5.74, 6) is 0.798. The number of rotatable bonds is 9. The van der Waals surface area contributed by atoms with Crippen LogP contribution in [0.1, 0.15) is 69.5 Å². The molecular weight excluding hydrogens is 1050 g/mol. The Morgan fingerprint density at radius 3 is 1.75 bits per heavy atom. The Kier molecular flexibility index (Phi) is 29.9. The van der Waals surface area contributed by atoms with Gasteiger partial charge in [-0.1, -0.05) is 11.6 Å². The molecule has 6 rings (SSSR count). The summed E-state index contributed by atoms with van der Waals surface area (Å²) >= 11 is 5.41. The van der Waals surface area contributed by atoms with E-state index < -0.39 is 26.4 Å². The molecule has 310 valence electrons. The fourth-order valence-electron chi connectivity index (χ4n) is 5.46. The van der Waals surface area contributed by atoms with Gasteiger partial charge in [-0.15, -0.1) is 0 Å². The van der Waals surface area contributed by atoms with Crippen LogP contribution in [-0.4, -0.2) is 81.0 Å². The number of fused-ring (bicyclic) bond motifs is 2. The number of nitrogens with zero attached hydrogens (tertiary/aromatic N) is 5. The third kappa shape index (κ3) is 19.6. The molecule has 0 radical (unpaired) electrons. The second-order valence-electron chi connectivity index (χ2n) is 11.5. The summed E-state index contributed by atoms with van der Waals surface area (Å²) in [6.45, 7) is 9.01. The van der Waals surface area contributed by atoms with Gasteiger partial charge in [0.1, 0.15) is 40.9 Å². The van der Waals surface area contributed by atoms with Crippen LogP contribution in [0.25, 0.3) is 0 Å². The van der Waals surface area contributed by atoms with Crippen molar-refractivity contribution < 1.29 is 202 Å². The van der Waals surface area contributed by atoms with E-state index in [1.165, 1.54) is 37.8 Å². The molecule has 20 nitrogen and oxygen atoms in total. The maximum atomic E-state index is 11.7. The molecule has 60 heavy (non-hydrogen) atoms. The summed E-state index contributed by atoms with van der Waals surface area (Å²) in [6.07, 6.45) is 1.66. The third-order valence-electron chi connectivity index (χ3n) is 7.45. The number of aromatic nitrogens is 4. The molecule has 0 fully saturated rings. The molecule has 0 saturated heterocycles. The van der Waals surface area contributed by atoms with E-state index in [2.05, 4.69) is 24.8 Å². The van der Waals surface area contributed by atoms with Crippen molar-refractivity contribution >= 4 is 66.8 Å². The number of hydrogen-bond acceptors (Lipinski definition) is 20. The first-order valence-corrected chi connectivity index (χ1v) is 17.5. The van der Waals surface area contributed by atoms with Crippen molar-refractivity contribution in [2.45, 2.75) is 59.7 Å². The van der Waals surface area contributed by atoms with Crippen molar-refractivity contribution in [3.63, 3.8) is 0 Å². The molecule has 2 aromatic heterocycles. The van der Waals surface area contributed by atoms with Crippen LogP contribution in [0.15, 0.2) is 49.1 Å². The van der Waals surface area contributed by atoms with Gasteiger partial charge in [0.25, 0.3) is 6.47 Å². The molecule has 4 aromatic rings. The molecule has 2 aromatic carbocycles. The number of halogens is 1. The van der Waals surface area contributed by atoms with E-state index >= 15 is 0 Å². The largest absolute Gasteiger partial charge is 1.00 e. The van der Waals surface area contributed by atoms with Gasteiger partial charge in [-0.3, -0.25) is 14.4 Å². The van der Waals surface area contributed by atoms with Crippen LogP contribution >= 0.6 is 11.6 Å². The molecule has 2 aliphatic heterocycles. The summed E-state index contributed by atoms with van der Waals surface area (Å²) in [6, 6.07) is 11.2. The number of carbonyl (C=O) groups excluding carboxylic acids is 3. The number of esters is 2. The number of carbonyl (C=O) groups is 3. The van der Waals surface area contributed by atoms with Gasteiger partial charge >= 0.3 is 164 Å². The predicted molar refractivity (Wildman–Crippen MR) is 207 cm³/mol. The molecule has 7 N–H and O–H groups in total. The summed E-state index contributed by atoms with van der Waals surface area (Å²) in [4.78, 5) is 49.5. The second-order valence-corrected chi connectivity index (χ2v) is 11.9. The van der Waals surface area contributed by atoms with Crippen molar-refractivity contribution in [2.75, 3.05) is 24.7 Å². The van der Waals surface area contributed by atoms with Gasteiger partial charge in [-0.25, -0.2) is 19.9 Å². The quantitative estimate of drug-likeness (QED) is 0.0262. The van der Waals surface area contributed by atoms with Crippen LogP contribution in [0.4, 0.5) is 11.6 Å². The summed E-state index contributed by atoms with van der Waals surface area (Å²) in [5.41, 5.74) is 15.1. The first-order valence-electron chi connectivity index (χ1n) is 17.1. The van der Waals surface area contributed by atoms with Crippen molar-refractivity contribution in [3.8, 4) is 23.4 Å². The van der Waals surface area contributed by atoms with Crippen molar-refractivity contribution in [2.24, 2.45) is 0 Å². The number of phenolic OH excluding ortho intramolecular Hbond substituents is 1. The number of hydrogen-bond donors (Lipinski definition) is 5. The smallest absolute Gasteiger partial charge is 1.00 e. The van der Waals surface area contributed by atoms with E-state index in [9.17, 15) is 24.7 Å². The van der Waals surface area contributed by atoms with E-state index in [-0.39, 0.29) is 176 Å². The van der Waals surface area contributed by atoms with E-state index in [0.717, 1.165) is 22.3 Å². The van der Waals surface area contributed by atoms with Gasteiger partial charge < -0.3 is 61.7 Å². The Morgan fingerprint density at radius 2 is 1.33 bits per heavy atom. The van der Waals surface area contributed by atoms with E-state index in [0.29, 0.717) is 52.6 Å². The molecule has 4 heterocycles. The summed E-state index contributed by atoms with van der Waals surface area (Å²) < 4.78 is 26.3. The zero-order valence-electron chi connectivity index (χ0n) is 35.0. The predicted octanol–water partition coefficient (Wildman–Crippen LogP) is -4.92. The normalized spacial score (nSPS) is 13.6. The Balaban J connectivity index is 0. The minimum atomic E-state index is -1.13. The van der Waals surface area contributed by atoms with Crippen molar-refractivity contribution in [1.82, 2.24) is 19.9 Å². The topological polar surface area (TPSA) is 318 Å². The molecule has 2 atom stereocenters. The van der Waals surface area contributed by atoms with Crippen LogP contribution in [0.2, 0.25) is 5.15 Å².